The van der Waals surface area contributed by atoms with Gasteiger partial charge in [0.15, 0.2) is 0 Å². The van der Waals surface area contributed by atoms with Gasteiger partial charge in [0.05, 0.1) is 28.8 Å². The van der Waals surface area contributed by atoms with Crippen molar-refractivity contribution in [2.24, 2.45) is 5.10 Å². The Kier molecular flexibility index (Phi) is 3.96. The fraction of sp³-hybridized carbons (Fsp3) is 0. The summed E-state index contributed by atoms with van der Waals surface area (Å²) in [7, 11) is 0. The van der Waals surface area contributed by atoms with E-state index < -0.39 is 0 Å². The number of carbonyl (C=O) groups is 1. The number of rotatable bonds is 3. The monoisotopic (exact) mass is 338 g/mol. The van der Waals surface area contributed by atoms with Gasteiger partial charge in [-0.2, -0.15) is 5.10 Å². The predicted octanol–water partition coefficient (Wildman–Crippen LogP) is 4.57. The Morgan fingerprint density at radius 1 is 1.33 bits per heavy atom. The van der Waals surface area contributed by atoms with E-state index in [0.29, 0.717) is 20.3 Å². The van der Waals surface area contributed by atoms with Crippen LogP contribution in [0, 0.1) is 0 Å². The molecular weight excluding hydrogens is 331 g/mol. The Bertz CT molecular complexity index is 825. The van der Waals surface area contributed by atoms with E-state index >= 15 is 0 Å². The lowest BCUT2D eigenvalue weighted by Gasteiger charge is -1.97. The molecule has 1 amide bonds. The molecule has 0 radical (unpaired) electrons. The number of halogens is 2. The molecule has 1 aromatic carbocycles. The van der Waals surface area contributed by atoms with E-state index in [9.17, 15) is 4.79 Å². The number of furan rings is 1. The van der Waals surface area contributed by atoms with Crippen LogP contribution in [0.3, 0.4) is 0 Å². The van der Waals surface area contributed by atoms with Crippen molar-refractivity contribution in [1.82, 2.24) is 5.43 Å². The summed E-state index contributed by atoms with van der Waals surface area (Å²) in [6, 6.07) is 7.14. The second-order valence-electron chi connectivity index (χ2n) is 4.11. The first-order valence-electron chi connectivity index (χ1n) is 5.89. The van der Waals surface area contributed by atoms with Crippen LogP contribution in [-0.2, 0) is 0 Å². The number of carbonyl (C=O) groups excluding carboxylic acids is 1. The molecule has 0 atom stereocenters. The van der Waals surface area contributed by atoms with Crippen LogP contribution in [0.2, 0.25) is 10.0 Å². The molecule has 0 saturated carbocycles. The Labute approximate surface area is 134 Å². The molecule has 0 aliphatic heterocycles. The summed E-state index contributed by atoms with van der Waals surface area (Å²) in [5.74, 6) is -0.378. The largest absolute Gasteiger partial charge is 0.472 e. The average Bonchev–Trinajstić information content (AvgIpc) is 3.08. The van der Waals surface area contributed by atoms with Crippen molar-refractivity contribution in [3.05, 3.63) is 57.3 Å². The van der Waals surface area contributed by atoms with Crippen LogP contribution in [0.5, 0.6) is 0 Å². The molecule has 0 bridgehead atoms. The second-order valence-corrected chi connectivity index (χ2v) is 5.95. The van der Waals surface area contributed by atoms with Crippen molar-refractivity contribution in [1.29, 1.82) is 0 Å². The Morgan fingerprint density at radius 2 is 2.19 bits per heavy atom. The zero-order chi connectivity index (χ0) is 14.8. The number of hydrogen-bond acceptors (Lipinski definition) is 4. The number of benzene rings is 1. The van der Waals surface area contributed by atoms with Crippen LogP contribution >= 0.6 is 34.5 Å². The molecular formula is C14H8Cl2N2O2S. The Morgan fingerprint density at radius 3 is 2.90 bits per heavy atom. The zero-order valence-electron chi connectivity index (χ0n) is 10.5. The minimum atomic E-state index is -0.378. The van der Waals surface area contributed by atoms with E-state index in [2.05, 4.69) is 10.5 Å². The van der Waals surface area contributed by atoms with Gasteiger partial charge in [0.1, 0.15) is 4.88 Å². The highest BCUT2D eigenvalue weighted by Gasteiger charge is 2.18. The van der Waals surface area contributed by atoms with Gasteiger partial charge in [-0.15, -0.1) is 11.3 Å². The first kappa shape index (κ1) is 14.1. The van der Waals surface area contributed by atoms with Gasteiger partial charge in [0, 0.05) is 15.6 Å². The standard InChI is InChI=1S/C14H8Cl2N2O2S/c15-9-2-1-3-10-11(9)12(16)13(21-10)14(19)18-17-6-8-4-5-20-7-8/h1-7H,(H,18,19)/b17-6-. The summed E-state index contributed by atoms with van der Waals surface area (Å²) >= 11 is 13.6. The third kappa shape index (κ3) is 2.81. The van der Waals surface area contributed by atoms with Crippen molar-refractivity contribution in [3.63, 3.8) is 0 Å². The normalized spacial score (nSPS) is 11.3. The number of thiophene rings is 1. The van der Waals surface area contributed by atoms with Crippen molar-refractivity contribution in [3.8, 4) is 0 Å². The first-order valence-corrected chi connectivity index (χ1v) is 7.46. The number of hydrazone groups is 1. The highest BCUT2D eigenvalue weighted by Crippen LogP contribution is 2.39. The lowest BCUT2D eigenvalue weighted by molar-refractivity contribution is 0.0959. The minimum absolute atomic E-state index is 0.344. The third-order valence-electron chi connectivity index (χ3n) is 2.74. The van der Waals surface area contributed by atoms with Crippen molar-refractivity contribution >= 4 is 56.7 Å². The lowest BCUT2D eigenvalue weighted by Crippen LogP contribution is -2.16. The van der Waals surface area contributed by atoms with Crippen molar-refractivity contribution < 1.29 is 9.21 Å². The van der Waals surface area contributed by atoms with Crippen LogP contribution in [-0.4, -0.2) is 12.1 Å². The quantitative estimate of drug-likeness (QED) is 0.562. The van der Waals surface area contributed by atoms with Gasteiger partial charge in [-0.25, -0.2) is 5.43 Å². The fourth-order valence-corrected chi connectivity index (χ4v) is 3.63. The molecule has 0 fully saturated rings. The SMILES string of the molecule is O=C(N/N=C\c1ccoc1)c1sc2cccc(Cl)c2c1Cl. The van der Waals surface area contributed by atoms with Crippen molar-refractivity contribution in [2.45, 2.75) is 0 Å². The molecule has 0 saturated heterocycles. The number of nitrogens with zero attached hydrogens (tertiary/aromatic N) is 1. The van der Waals surface area contributed by atoms with Gasteiger partial charge in [-0.1, -0.05) is 29.3 Å². The third-order valence-corrected chi connectivity index (χ3v) is 4.69. The van der Waals surface area contributed by atoms with Gasteiger partial charge < -0.3 is 4.42 Å². The van der Waals surface area contributed by atoms with E-state index in [1.165, 1.54) is 30.1 Å². The van der Waals surface area contributed by atoms with Crippen LogP contribution in [0.25, 0.3) is 10.1 Å². The maximum atomic E-state index is 12.1. The molecule has 3 rings (SSSR count). The fourth-order valence-electron chi connectivity index (χ4n) is 1.78. The van der Waals surface area contributed by atoms with Crippen molar-refractivity contribution in [2.75, 3.05) is 0 Å². The molecule has 4 nitrogen and oxygen atoms in total. The van der Waals surface area contributed by atoms with E-state index in [1.54, 1.807) is 12.1 Å². The molecule has 1 N–H and O–H groups in total. The smallest absolute Gasteiger partial charge is 0.283 e. The van der Waals surface area contributed by atoms with E-state index in [0.717, 1.165) is 10.3 Å². The Balaban J connectivity index is 1.85. The minimum Gasteiger partial charge on any atom is -0.472 e. The predicted molar refractivity (Wildman–Crippen MR) is 85.6 cm³/mol. The summed E-state index contributed by atoms with van der Waals surface area (Å²) < 4.78 is 5.75. The Hall–Kier alpha value is -1.82. The molecule has 106 valence electrons. The molecule has 0 unspecified atom stereocenters. The summed E-state index contributed by atoms with van der Waals surface area (Å²) in [5.41, 5.74) is 3.18. The van der Waals surface area contributed by atoms with E-state index in [-0.39, 0.29) is 5.91 Å². The maximum Gasteiger partial charge on any atom is 0.283 e. The van der Waals surface area contributed by atoms with Gasteiger partial charge in [0.2, 0.25) is 0 Å². The second kappa shape index (κ2) is 5.89. The molecule has 2 aromatic heterocycles. The van der Waals surface area contributed by atoms with Gasteiger partial charge >= 0.3 is 0 Å². The summed E-state index contributed by atoms with van der Waals surface area (Å²) in [4.78, 5) is 12.5. The molecule has 2 heterocycles. The van der Waals surface area contributed by atoms with E-state index in [4.69, 9.17) is 27.6 Å². The van der Waals surface area contributed by atoms with Crippen LogP contribution in [0.15, 0.2) is 46.3 Å². The number of nitrogens with one attached hydrogen (secondary N) is 1. The number of fused-ring (bicyclic) bond motifs is 1. The average molecular weight is 339 g/mol. The molecule has 0 spiro atoms. The molecule has 21 heavy (non-hydrogen) atoms. The van der Waals surface area contributed by atoms with E-state index in [1.807, 2.05) is 12.1 Å². The topological polar surface area (TPSA) is 54.6 Å². The van der Waals surface area contributed by atoms with Gasteiger partial charge in [-0.3, -0.25) is 4.79 Å². The van der Waals surface area contributed by atoms with Crippen LogP contribution in [0.4, 0.5) is 0 Å². The molecule has 7 heteroatoms. The number of amides is 1. The van der Waals surface area contributed by atoms with Gasteiger partial charge in [-0.05, 0) is 18.2 Å². The van der Waals surface area contributed by atoms with Crippen LogP contribution in [0.1, 0.15) is 15.2 Å². The molecule has 0 aliphatic rings. The number of hydrogen-bond donors (Lipinski definition) is 1. The highest BCUT2D eigenvalue weighted by atomic mass is 35.5. The molecule has 0 aliphatic carbocycles. The van der Waals surface area contributed by atoms with Gasteiger partial charge in [0.25, 0.3) is 5.91 Å². The van der Waals surface area contributed by atoms with Crippen LogP contribution < -0.4 is 5.43 Å². The lowest BCUT2D eigenvalue weighted by atomic mass is 10.2. The summed E-state index contributed by atoms with van der Waals surface area (Å²) in [5, 5.41) is 5.41. The first-order chi connectivity index (χ1) is 10.2. The highest BCUT2D eigenvalue weighted by molar-refractivity contribution is 7.21. The maximum absolute atomic E-state index is 12.1. The molecule has 3 aromatic rings. The summed E-state index contributed by atoms with van der Waals surface area (Å²) in [6.07, 6.45) is 4.52. The zero-order valence-corrected chi connectivity index (χ0v) is 12.8. The summed E-state index contributed by atoms with van der Waals surface area (Å²) in [6.45, 7) is 0.